The fourth-order valence-electron chi connectivity index (χ4n) is 4.59. The van der Waals surface area contributed by atoms with Gasteiger partial charge in [0.05, 0.1) is 0 Å². The van der Waals surface area contributed by atoms with Crippen LogP contribution in [0.4, 0.5) is 5.69 Å². The number of halogens is 2. The van der Waals surface area contributed by atoms with Crippen LogP contribution in [0.25, 0.3) is 0 Å². The molecule has 1 heterocycles. The molecule has 28 heavy (non-hydrogen) atoms. The predicted molar refractivity (Wildman–Crippen MR) is 118 cm³/mol. The van der Waals surface area contributed by atoms with Crippen LogP contribution in [0.1, 0.15) is 36.1 Å². The normalized spacial score (nSPS) is 26.5. The number of nitrogens with zero attached hydrogens (tertiary/aromatic N) is 2. The average Bonchev–Trinajstić information content (AvgIpc) is 3.50. The van der Waals surface area contributed by atoms with E-state index < -0.39 is 0 Å². The number of aliphatic imine (C=N–C) groups is 1. The summed E-state index contributed by atoms with van der Waals surface area (Å²) in [6, 6.07) is 27.9. The highest BCUT2D eigenvalue weighted by Crippen LogP contribution is 2.55. The van der Waals surface area contributed by atoms with E-state index in [0.717, 1.165) is 5.69 Å². The molecule has 3 atom stereocenters. The summed E-state index contributed by atoms with van der Waals surface area (Å²) in [4.78, 5) is 5.07. The molecule has 2 aliphatic rings. The lowest BCUT2D eigenvalue weighted by atomic mass is 9.91. The highest BCUT2D eigenvalue weighted by Gasteiger charge is 2.58. The summed E-state index contributed by atoms with van der Waals surface area (Å²) >= 11 is 13.0. The van der Waals surface area contributed by atoms with Crippen LogP contribution in [0.3, 0.4) is 0 Å². The lowest BCUT2D eigenvalue weighted by molar-refractivity contribution is 0.305. The second-order valence-corrected chi connectivity index (χ2v) is 8.48. The van der Waals surface area contributed by atoms with Gasteiger partial charge in [-0.25, -0.2) is 9.48 Å². The van der Waals surface area contributed by atoms with Gasteiger partial charge in [-0.05, 0) is 17.7 Å². The molecule has 140 valence electrons. The molecule has 1 aliphatic carbocycles. The monoisotopic (exact) mass is 407 g/mol. The molecule has 0 saturated heterocycles. The molecule has 4 heteroatoms. The number of rotatable bonds is 4. The van der Waals surface area contributed by atoms with Crippen molar-refractivity contribution >= 4 is 35.2 Å². The van der Waals surface area contributed by atoms with Gasteiger partial charge < -0.3 is 0 Å². The minimum absolute atomic E-state index is 0.0518. The molecule has 2 nitrogen and oxygen atoms in total. The first-order chi connectivity index (χ1) is 13.7. The minimum Gasteiger partial charge on any atom is -0.237 e. The van der Waals surface area contributed by atoms with Crippen molar-refractivity contribution < 1.29 is 0 Å². The second kappa shape index (κ2) is 7.04. The Kier molecular flexibility index (Phi) is 4.51. The topological polar surface area (TPSA) is 12.4 Å². The van der Waals surface area contributed by atoms with Gasteiger partial charge in [-0.1, -0.05) is 83.9 Å². The molecule has 0 radical (unpaired) electrons. The van der Waals surface area contributed by atoms with Gasteiger partial charge in [0, 0.05) is 29.5 Å². The van der Waals surface area contributed by atoms with E-state index in [1.54, 1.807) is 0 Å². The fourth-order valence-corrected chi connectivity index (χ4v) is 5.15. The molecule has 1 aliphatic heterocycles. The maximum absolute atomic E-state index is 6.76. The van der Waals surface area contributed by atoms with Crippen LogP contribution in [0.2, 0.25) is 10.0 Å². The van der Waals surface area contributed by atoms with Gasteiger partial charge in [0.1, 0.15) is 17.1 Å². The molecule has 0 N–H and O–H groups in total. The van der Waals surface area contributed by atoms with Crippen LogP contribution in [-0.2, 0) is 0 Å². The van der Waals surface area contributed by atoms with Crippen molar-refractivity contribution in [3.05, 3.63) is 100 Å². The Morgan fingerprint density at radius 3 is 2.04 bits per heavy atom. The summed E-state index contributed by atoms with van der Waals surface area (Å²) in [7, 11) is 0. The van der Waals surface area contributed by atoms with Crippen molar-refractivity contribution in [1.29, 1.82) is 0 Å². The summed E-state index contributed by atoms with van der Waals surface area (Å²) in [6.45, 7) is 0. The van der Waals surface area contributed by atoms with E-state index >= 15 is 0 Å². The number of benzene rings is 3. The molecular weight excluding hydrogens is 387 g/mol. The fraction of sp³-hybridized carbons (Fsp3) is 0.208. The summed E-state index contributed by atoms with van der Waals surface area (Å²) in [5.74, 6) is 0. The molecule has 0 aromatic heterocycles. The van der Waals surface area contributed by atoms with Gasteiger partial charge in [0.25, 0.3) is 0 Å². The van der Waals surface area contributed by atoms with Crippen LogP contribution < -0.4 is 4.48 Å². The smallest absolute Gasteiger partial charge is 0.192 e. The molecule has 0 amide bonds. The van der Waals surface area contributed by atoms with E-state index in [-0.39, 0.29) is 12.1 Å². The Morgan fingerprint density at radius 1 is 0.786 bits per heavy atom. The summed E-state index contributed by atoms with van der Waals surface area (Å²) in [5, 5.41) is 1.37. The minimum atomic E-state index is 0.0518. The van der Waals surface area contributed by atoms with Crippen molar-refractivity contribution in [3.63, 3.8) is 0 Å². The third-order valence-corrected chi connectivity index (χ3v) is 6.48. The Hall–Kier alpha value is -2.13. The van der Waals surface area contributed by atoms with Crippen LogP contribution >= 0.6 is 23.2 Å². The zero-order chi connectivity index (χ0) is 19.1. The van der Waals surface area contributed by atoms with Crippen molar-refractivity contribution in [2.45, 2.75) is 31.0 Å². The summed E-state index contributed by atoms with van der Waals surface area (Å²) in [5.41, 5.74) is 3.61. The third kappa shape index (κ3) is 2.88. The molecule has 1 fully saturated rings. The van der Waals surface area contributed by atoms with E-state index in [0.29, 0.717) is 20.6 Å². The van der Waals surface area contributed by atoms with Crippen LogP contribution in [0.5, 0.6) is 0 Å². The molecule has 3 aromatic rings. The van der Waals surface area contributed by atoms with Gasteiger partial charge in [-0.15, -0.1) is 0 Å². The van der Waals surface area contributed by atoms with E-state index in [2.05, 4.69) is 73.1 Å². The van der Waals surface area contributed by atoms with E-state index in [4.69, 9.17) is 28.2 Å². The largest absolute Gasteiger partial charge is 0.237 e. The average molecular weight is 408 g/mol. The quantitative estimate of drug-likeness (QED) is 0.413. The molecule has 1 saturated carbocycles. The zero-order valence-electron chi connectivity index (χ0n) is 15.4. The maximum atomic E-state index is 6.76. The molecular formula is C24H21Cl2N2+. The molecule has 1 unspecified atom stereocenters. The SMILES string of the molecule is Clc1ccc([N+]2(C3CC3)C=N[C@H](c3ccccc3)[C@@H]2c2ccccc2)c(Cl)c1. The molecule has 3 aromatic carbocycles. The lowest BCUT2D eigenvalue weighted by Crippen LogP contribution is -2.51. The predicted octanol–water partition coefficient (Wildman–Crippen LogP) is 6.99. The number of hydrogen-bond acceptors (Lipinski definition) is 1. The molecule has 0 bridgehead atoms. The zero-order valence-corrected chi connectivity index (χ0v) is 16.9. The first-order valence-corrected chi connectivity index (χ1v) is 10.4. The van der Waals surface area contributed by atoms with Gasteiger partial charge in [-0.3, -0.25) is 0 Å². The molecule has 5 rings (SSSR count). The van der Waals surface area contributed by atoms with Gasteiger partial charge in [0.15, 0.2) is 18.1 Å². The first kappa shape index (κ1) is 17.9. The van der Waals surface area contributed by atoms with Crippen molar-refractivity contribution in [1.82, 2.24) is 4.48 Å². The van der Waals surface area contributed by atoms with Gasteiger partial charge >= 0.3 is 0 Å². The summed E-state index contributed by atoms with van der Waals surface area (Å²) in [6.07, 6.45) is 4.49. The first-order valence-electron chi connectivity index (χ1n) is 9.68. The summed E-state index contributed by atoms with van der Waals surface area (Å²) < 4.78 is 0.666. The third-order valence-electron chi connectivity index (χ3n) is 5.94. The van der Waals surface area contributed by atoms with E-state index in [1.807, 2.05) is 12.1 Å². The Balaban J connectivity index is 1.73. The van der Waals surface area contributed by atoms with Crippen LogP contribution in [0, 0.1) is 0 Å². The van der Waals surface area contributed by atoms with Crippen molar-refractivity contribution in [3.8, 4) is 0 Å². The highest BCUT2D eigenvalue weighted by atomic mass is 35.5. The number of quaternary nitrogens is 1. The van der Waals surface area contributed by atoms with Crippen molar-refractivity contribution in [2.75, 3.05) is 0 Å². The van der Waals surface area contributed by atoms with Crippen LogP contribution in [0.15, 0.2) is 83.9 Å². The van der Waals surface area contributed by atoms with E-state index in [1.165, 1.54) is 24.0 Å². The lowest BCUT2D eigenvalue weighted by Gasteiger charge is -2.39. The Morgan fingerprint density at radius 2 is 1.43 bits per heavy atom. The highest BCUT2D eigenvalue weighted by molar-refractivity contribution is 6.36. The Labute approximate surface area is 175 Å². The van der Waals surface area contributed by atoms with Crippen LogP contribution in [-0.4, -0.2) is 12.4 Å². The standard InChI is InChI=1S/C24H21Cl2N2/c25-19-11-14-22(21(26)15-19)28(20-12-13-20)16-27-23(17-7-3-1-4-8-17)24(28)18-9-5-2-6-10-18/h1-11,14-16,20,23-24H,12-13H2/q+1/t23-,24+,28?/m1/s1. The second-order valence-electron chi connectivity index (χ2n) is 7.64. The molecule has 0 spiro atoms. The van der Waals surface area contributed by atoms with Gasteiger partial charge in [0.2, 0.25) is 0 Å². The van der Waals surface area contributed by atoms with E-state index in [9.17, 15) is 0 Å². The Bertz CT molecular complexity index is 1020. The van der Waals surface area contributed by atoms with Crippen molar-refractivity contribution in [2.24, 2.45) is 4.99 Å². The number of hydrogen-bond donors (Lipinski definition) is 0. The van der Waals surface area contributed by atoms with Gasteiger partial charge in [-0.2, -0.15) is 0 Å². The maximum Gasteiger partial charge on any atom is 0.192 e.